The van der Waals surface area contributed by atoms with Crippen LogP contribution in [0.4, 0.5) is 0 Å². The maximum atomic E-state index is 11.9. The van der Waals surface area contributed by atoms with Crippen LogP contribution in [0.1, 0.15) is 7.43 Å². The number of benzene rings is 3. The quantitative estimate of drug-likeness (QED) is 0.282. The first-order valence-electron chi connectivity index (χ1n) is 8.08. The van der Waals surface area contributed by atoms with Crippen LogP contribution in [-0.4, -0.2) is 27.2 Å². The molecule has 0 aliphatic carbocycles. The van der Waals surface area contributed by atoms with E-state index in [4.69, 9.17) is 9.47 Å². The largest absolute Gasteiger partial charge is 0.744 e. The Hall–Kier alpha value is -1.74. The number of hydrogen-bond donors (Lipinski definition) is 0. The van der Waals surface area contributed by atoms with Crippen molar-refractivity contribution in [3.05, 3.63) is 72.8 Å². The Labute approximate surface area is 187 Å². The predicted octanol–water partition coefficient (Wildman–Crippen LogP) is 3.00. The van der Waals surface area contributed by atoms with Gasteiger partial charge < -0.3 is 14.0 Å². The minimum absolute atomic E-state index is 0. The first kappa shape index (κ1) is 25.3. The van der Waals surface area contributed by atoms with Gasteiger partial charge in [-0.1, -0.05) is 62.0 Å². The number of methoxy groups -OCH3 is 2. The molecular formula is C21H22O5PPdS-. The molecule has 0 radical (unpaired) electrons. The second-order valence-corrected chi connectivity index (χ2v) is 9.07. The zero-order valence-corrected chi connectivity index (χ0v) is 18.4. The normalized spacial score (nSPS) is 10.6. The summed E-state index contributed by atoms with van der Waals surface area (Å²) in [6, 6.07) is 21.1. The van der Waals surface area contributed by atoms with Crippen molar-refractivity contribution in [1.82, 2.24) is 0 Å². The van der Waals surface area contributed by atoms with E-state index in [1.54, 1.807) is 32.4 Å². The third-order valence-corrected chi connectivity index (χ3v) is 7.65. The summed E-state index contributed by atoms with van der Waals surface area (Å²) in [5.74, 6) is 1.24. The van der Waals surface area contributed by atoms with Gasteiger partial charge in [-0.15, -0.1) is 0 Å². The minimum atomic E-state index is -4.65. The van der Waals surface area contributed by atoms with E-state index in [-0.39, 0.29) is 32.7 Å². The van der Waals surface area contributed by atoms with Crippen LogP contribution < -0.4 is 25.4 Å². The van der Waals surface area contributed by atoms with Gasteiger partial charge in [0.15, 0.2) is 0 Å². The van der Waals surface area contributed by atoms with E-state index < -0.39 is 18.0 Å². The van der Waals surface area contributed by atoms with Crippen LogP contribution >= 0.6 is 7.92 Å². The molecule has 0 spiro atoms. The summed E-state index contributed by atoms with van der Waals surface area (Å²) in [6.45, 7) is 0. The van der Waals surface area contributed by atoms with Crippen LogP contribution in [0.25, 0.3) is 0 Å². The van der Waals surface area contributed by atoms with Crippen molar-refractivity contribution in [2.45, 2.75) is 12.3 Å². The van der Waals surface area contributed by atoms with Gasteiger partial charge in [0.25, 0.3) is 0 Å². The van der Waals surface area contributed by atoms with Gasteiger partial charge in [-0.2, -0.15) is 0 Å². The van der Waals surface area contributed by atoms with Crippen molar-refractivity contribution >= 4 is 34.0 Å². The molecule has 0 bridgehead atoms. The molecule has 0 aliphatic rings. The maximum absolute atomic E-state index is 11.9. The van der Waals surface area contributed by atoms with Gasteiger partial charge in [0, 0.05) is 36.3 Å². The summed E-state index contributed by atoms with van der Waals surface area (Å²) < 4.78 is 46.8. The second kappa shape index (κ2) is 10.9. The van der Waals surface area contributed by atoms with Crippen molar-refractivity contribution < 1.29 is 42.9 Å². The van der Waals surface area contributed by atoms with Gasteiger partial charge in [0.1, 0.15) is 21.6 Å². The third-order valence-electron chi connectivity index (χ3n) is 4.03. The van der Waals surface area contributed by atoms with Gasteiger partial charge >= 0.3 is 0 Å². The Balaban J connectivity index is 0.00000210. The molecule has 8 heteroatoms. The van der Waals surface area contributed by atoms with Gasteiger partial charge in [0.2, 0.25) is 0 Å². The summed E-state index contributed by atoms with van der Waals surface area (Å²) >= 11 is 0. The number of ether oxygens (including phenoxy) is 2. The number of hydrogen-bond acceptors (Lipinski definition) is 5. The maximum Gasteiger partial charge on any atom is 0.127 e. The Morgan fingerprint density at radius 1 is 0.724 bits per heavy atom. The van der Waals surface area contributed by atoms with Gasteiger partial charge in [0.05, 0.1) is 19.1 Å². The molecule has 3 aromatic carbocycles. The van der Waals surface area contributed by atoms with Crippen LogP contribution in [0.2, 0.25) is 0 Å². The summed E-state index contributed by atoms with van der Waals surface area (Å²) in [4.78, 5) is -0.229. The van der Waals surface area contributed by atoms with Crippen LogP contribution in [0.5, 0.6) is 11.5 Å². The van der Waals surface area contributed by atoms with Crippen LogP contribution in [0, 0.1) is 0 Å². The van der Waals surface area contributed by atoms with Crippen molar-refractivity contribution in [2.75, 3.05) is 14.2 Å². The standard InChI is InChI=1S/C20H19O5PS.CH4.Pd/c1-24-15-9-3-5-11-17(15)26(18-12-6-4-10-16(18)25-2)19-13-7-8-14-20(19)27(21,22)23;;/h3-14H,1-2H3,(H,21,22,23);1H4;/p-1. The average Bonchev–Trinajstić information content (AvgIpc) is 2.68. The molecule has 3 rings (SSSR count). The van der Waals surface area contributed by atoms with E-state index in [1.807, 2.05) is 48.5 Å². The summed E-state index contributed by atoms with van der Waals surface area (Å²) in [7, 11) is -2.94. The molecule has 5 nitrogen and oxygen atoms in total. The Bertz CT molecular complexity index is 1010. The predicted molar refractivity (Wildman–Crippen MR) is 113 cm³/mol. The molecule has 0 heterocycles. The van der Waals surface area contributed by atoms with E-state index in [2.05, 4.69) is 0 Å². The molecule has 0 aliphatic heterocycles. The smallest absolute Gasteiger partial charge is 0.127 e. The van der Waals surface area contributed by atoms with Crippen LogP contribution in [-0.2, 0) is 30.5 Å². The fourth-order valence-corrected chi connectivity index (χ4v) is 6.60. The summed E-state index contributed by atoms with van der Waals surface area (Å²) in [5.41, 5.74) is 0. The fourth-order valence-electron chi connectivity index (χ4n) is 2.87. The molecule has 29 heavy (non-hydrogen) atoms. The summed E-state index contributed by atoms with van der Waals surface area (Å²) in [6.07, 6.45) is 0. The van der Waals surface area contributed by atoms with Crippen LogP contribution in [0.3, 0.4) is 0 Å². The molecule has 158 valence electrons. The van der Waals surface area contributed by atoms with Crippen molar-refractivity contribution in [2.24, 2.45) is 0 Å². The Kier molecular flexibility index (Phi) is 9.48. The first-order valence-corrected chi connectivity index (χ1v) is 10.8. The Morgan fingerprint density at radius 2 is 1.10 bits per heavy atom. The zero-order valence-electron chi connectivity index (χ0n) is 15.1. The van der Waals surface area contributed by atoms with Crippen molar-refractivity contribution in [1.29, 1.82) is 0 Å². The SMILES string of the molecule is C.COc1ccccc1P(c1ccccc1OC)c1ccccc1S(=O)(=O)[O-].[Pd]. The number of para-hydroxylation sites is 2. The number of rotatable bonds is 6. The summed E-state index contributed by atoms with van der Waals surface area (Å²) in [5, 5.41) is 2.04. The molecule has 0 fully saturated rings. The second-order valence-electron chi connectivity index (χ2n) is 5.60. The molecular weight excluding hydrogens is 502 g/mol. The Morgan fingerprint density at radius 3 is 1.52 bits per heavy atom. The van der Waals surface area contributed by atoms with E-state index >= 15 is 0 Å². The average molecular weight is 524 g/mol. The molecule has 3 aromatic rings. The molecule has 0 atom stereocenters. The monoisotopic (exact) mass is 523 g/mol. The topological polar surface area (TPSA) is 75.7 Å². The first-order chi connectivity index (χ1) is 13.0. The molecule has 0 saturated heterocycles. The van der Waals surface area contributed by atoms with E-state index in [0.29, 0.717) is 16.8 Å². The molecule has 0 aromatic heterocycles. The molecule has 0 unspecified atom stereocenters. The van der Waals surface area contributed by atoms with Crippen LogP contribution in [0.15, 0.2) is 77.7 Å². The minimum Gasteiger partial charge on any atom is -0.744 e. The van der Waals surface area contributed by atoms with E-state index in [0.717, 1.165) is 10.6 Å². The zero-order chi connectivity index (χ0) is 19.4. The van der Waals surface area contributed by atoms with Crippen molar-refractivity contribution in [3.63, 3.8) is 0 Å². The van der Waals surface area contributed by atoms with Gasteiger partial charge in [-0.25, -0.2) is 8.42 Å². The van der Waals surface area contributed by atoms with Crippen molar-refractivity contribution in [3.8, 4) is 11.5 Å². The molecule has 0 N–H and O–H groups in total. The van der Waals surface area contributed by atoms with E-state index in [9.17, 15) is 13.0 Å². The molecule has 0 amide bonds. The van der Waals surface area contributed by atoms with Gasteiger partial charge in [-0.3, -0.25) is 0 Å². The van der Waals surface area contributed by atoms with E-state index in [1.165, 1.54) is 6.07 Å². The van der Waals surface area contributed by atoms with Gasteiger partial charge in [-0.05, 0) is 26.1 Å². The fraction of sp³-hybridized carbons (Fsp3) is 0.143. The third kappa shape index (κ3) is 5.45. The molecule has 0 saturated carbocycles.